The summed E-state index contributed by atoms with van der Waals surface area (Å²) in [5, 5.41) is -0.110. The van der Waals surface area contributed by atoms with Gasteiger partial charge in [0.2, 0.25) is 5.79 Å². The van der Waals surface area contributed by atoms with E-state index in [-0.39, 0.29) is 23.3 Å². The van der Waals surface area contributed by atoms with Gasteiger partial charge in [0.1, 0.15) is 11.8 Å². The van der Waals surface area contributed by atoms with E-state index >= 15 is 0 Å². The molecule has 2 aliphatic carbocycles. The lowest BCUT2D eigenvalue weighted by molar-refractivity contribution is -0.247. The van der Waals surface area contributed by atoms with Crippen molar-refractivity contribution >= 4 is 58.3 Å². The van der Waals surface area contributed by atoms with Gasteiger partial charge in [-0.1, -0.05) is 23.2 Å². The van der Waals surface area contributed by atoms with E-state index in [4.69, 9.17) is 55.9 Å². The van der Waals surface area contributed by atoms with E-state index in [1.807, 2.05) is 0 Å². The van der Waals surface area contributed by atoms with Gasteiger partial charge in [0, 0.05) is 13.2 Å². The molecular weight excluding hydrogens is 378 g/mol. The number of rotatable bonds is 4. The summed E-state index contributed by atoms with van der Waals surface area (Å²) in [6.07, 6.45) is 0. The fourth-order valence-electron chi connectivity index (χ4n) is 3.71. The Hall–Kier alpha value is -0.0400. The number of alkyl halides is 2. The zero-order valence-electron chi connectivity index (χ0n) is 11.6. The van der Waals surface area contributed by atoms with Crippen molar-refractivity contribution in [3.63, 3.8) is 0 Å². The lowest BCUT2D eigenvalue weighted by atomic mass is 9.84. The Balaban J connectivity index is 2.32. The highest BCUT2D eigenvalue weighted by molar-refractivity contribution is 6.53. The molecule has 1 saturated heterocycles. The summed E-state index contributed by atoms with van der Waals surface area (Å²) in [5.74, 6) is -5.58. The summed E-state index contributed by atoms with van der Waals surface area (Å²) in [4.78, 5) is 20.8. The predicted octanol–water partition coefficient (Wildman–Crippen LogP) is 2.74. The molecule has 0 amide bonds. The first-order valence-electron chi connectivity index (χ1n) is 6.71. The minimum absolute atomic E-state index is 0.0550. The quantitative estimate of drug-likeness (QED) is 0.320. The molecule has 0 aromatic rings. The van der Waals surface area contributed by atoms with Crippen LogP contribution in [0.15, 0.2) is 10.1 Å². The van der Waals surface area contributed by atoms with Crippen molar-refractivity contribution in [1.82, 2.24) is 0 Å². The Bertz CT molecular complexity index is 555. The average molecular weight is 390 g/mol. The minimum Gasteiger partial charge on any atom is -0.393 e. The van der Waals surface area contributed by atoms with Crippen LogP contribution in [0.4, 0.5) is 0 Å². The van der Waals surface area contributed by atoms with Crippen LogP contribution in [-0.4, -0.2) is 40.7 Å². The van der Waals surface area contributed by atoms with E-state index in [0.717, 1.165) is 0 Å². The standard InChI is InChI=1S/C13H12Cl4O5/c1-3-20-13(21-4-2)11(16)5-6(10(19)22-9(5)18)12(13,17)8(15)7(11)14/h5-6H,3-4H2,1-2H3/t5-,6+,11-,12-/m0/s1. The van der Waals surface area contributed by atoms with Gasteiger partial charge in [0.25, 0.3) is 0 Å². The van der Waals surface area contributed by atoms with Crippen LogP contribution in [0.5, 0.6) is 0 Å². The molecule has 2 fully saturated rings. The normalized spacial score (nSPS) is 42.1. The van der Waals surface area contributed by atoms with Gasteiger partial charge < -0.3 is 14.2 Å². The molecule has 0 spiro atoms. The number of halogens is 4. The molecule has 0 aromatic heterocycles. The first-order valence-corrected chi connectivity index (χ1v) is 8.22. The van der Waals surface area contributed by atoms with Gasteiger partial charge in [-0.15, -0.1) is 23.2 Å². The third-order valence-electron chi connectivity index (χ3n) is 4.38. The SMILES string of the molecule is CCOC1(OCC)[C@@]2(Cl)C(Cl)=C(Cl)[C@@]1(Cl)[C@H]1C(=O)OC(=O)[C@H]12. The zero-order valence-corrected chi connectivity index (χ0v) is 14.6. The monoisotopic (exact) mass is 388 g/mol. The molecule has 0 aromatic carbocycles. The largest absolute Gasteiger partial charge is 0.393 e. The molecule has 3 aliphatic rings. The molecule has 4 atom stereocenters. The molecule has 3 rings (SSSR count). The lowest BCUT2D eigenvalue weighted by Crippen LogP contribution is -2.60. The van der Waals surface area contributed by atoms with Gasteiger partial charge in [-0.3, -0.25) is 9.59 Å². The maximum atomic E-state index is 12.1. The first kappa shape index (κ1) is 16.8. The molecule has 1 heterocycles. The Morgan fingerprint density at radius 3 is 1.64 bits per heavy atom. The lowest BCUT2D eigenvalue weighted by Gasteiger charge is -2.43. The molecule has 0 N–H and O–H groups in total. The maximum Gasteiger partial charge on any atom is 0.319 e. The molecule has 1 aliphatic heterocycles. The van der Waals surface area contributed by atoms with Crippen molar-refractivity contribution in [3.05, 3.63) is 10.1 Å². The summed E-state index contributed by atoms with van der Waals surface area (Å²) in [7, 11) is 0. The number of carbonyl (C=O) groups excluding carboxylic acids is 2. The average Bonchev–Trinajstić information content (AvgIpc) is 2.89. The van der Waals surface area contributed by atoms with E-state index in [0.29, 0.717) is 0 Å². The van der Waals surface area contributed by atoms with Crippen LogP contribution in [-0.2, 0) is 23.8 Å². The number of hydrogen-bond donors (Lipinski definition) is 0. The smallest absolute Gasteiger partial charge is 0.319 e. The fourth-order valence-corrected chi connectivity index (χ4v) is 5.77. The number of ether oxygens (including phenoxy) is 3. The second-order valence-corrected chi connectivity index (χ2v) is 7.18. The van der Waals surface area contributed by atoms with Gasteiger partial charge >= 0.3 is 11.9 Å². The summed E-state index contributed by atoms with van der Waals surface area (Å²) < 4.78 is 16.2. The molecule has 5 nitrogen and oxygen atoms in total. The van der Waals surface area contributed by atoms with E-state index in [1.165, 1.54) is 0 Å². The summed E-state index contributed by atoms with van der Waals surface area (Å²) >= 11 is 26.0. The highest BCUT2D eigenvalue weighted by atomic mass is 35.5. The minimum atomic E-state index is -1.73. The van der Waals surface area contributed by atoms with Crippen molar-refractivity contribution in [1.29, 1.82) is 0 Å². The van der Waals surface area contributed by atoms with E-state index < -0.39 is 39.3 Å². The predicted molar refractivity (Wildman–Crippen MR) is 80.0 cm³/mol. The van der Waals surface area contributed by atoms with Crippen molar-refractivity contribution in [2.24, 2.45) is 11.8 Å². The van der Waals surface area contributed by atoms with Crippen LogP contribution >= 0.6 is 46.4 Å². The van der Waals surface area contributed by atoms with Gasteiger partial charge in [0.05, 0.1) is 10.1 Å². The molecule has 22 heavy (non-hydrogen) atoms. The number of hydrogen-bond acceptors (Lipinski definition) is 5. The van der Waals surface area contributed by atoms with Crippen LogP contribution in [0.25, 0.3) is 0 Å². The molecule has 2 bridgehead atoms. The van der Waals surface area contributed by atoms with E-state index in [9.17, 15) is 9.59 Å². The number of esters is 2. The Labute approximate surface area is 146 Å². The van der Waals surface area contributed by atoms with Crippen LogP contribution in [0.3, 0.4) is 0 Å². The van der Waals surface area contributed by atoms with Crippen LogP contribution in [0, 0.1) is 11.8 Å². The number of cyclic esters (lactones) is 2. The summed E-state index contributed by atoms with van der Waals surface area (Å²) in [6, 6.07) is 0. The van der Waals surface area contributed by atoms with Crippen LogP contribution < -0.4 is 0 Å². The highest BCUT2D eigenvalue weighted by Gasteiger charge is 2.90. The maximum absolute atomic E-state index is 12.1. The number of carbonyl (C=O) groups is 2. The second kappa shape index (κ2) is 4.98. The Kier molecular flexibility index (Phi) is 3.80. The topological polar surface area (TPSA) is 61.8 Å². The molecular formula is C13H12Cl4O5. The molecule has 0 unspecified atom stereocenters. The van der Waals surface area contributed by atoms with E-state index in [2.05, 4.69) is 4.74 Å². The Morgan fingerprint density at radius 1 is 0.955 bits per heavy atom. The van der Waals surface area contributed by atoms with Gasteiger partial charge in [0.15, 0.2) is 9.75 Å². The van der Waals surface area contributed by atoms with Crippen molar-refractivity contribution in [2.75, 3.05) is 13.2 Å². The zero-order chi connectivity index (χ0) is 16.5. The fraction of sp³-hybridized carbons (Fsp3) is 0.692. The summed E-state index contributed by atoms with van der Waals surface area (Å²) in [5.41, 5.74) is 0. The van der Waals surface area contributed by atoms with Gasteiger partial charge in [-0.25, -0.2) is 0 Å². The van der Waals surface area contributed by atoms with Crippen molar-refractivity contribution in [2.45, 2.75) is 29.4 Å². The van der Waals surface area contributed by atoms with Crippen molar-refractivity contribution in [3.8, 4) is 0 Å². The highest BCUT2D eigenvalue weighted by Crippen LogP contribution is 2.75. The van der Waals surface area contributed by atoms with E-state index in [1.54, 1.807) is 13.8 Å². The number of fused-ring (bicyclic) bond motifs is 5. The van der Waals surface area contributed by atoms with Gasteiger partial charge in [-0.05, 0) is 13.8 Å². The third kappa shape index (κ3) is 1.47. The van der Waals surface area contributed by atoms with Crippen LogP contribution in [0.1, 0.15) is 13.8 Å². The van der Waals surface area contributed by atoms with Crippen LogP contribution in [0.2, 0.25) is 0 Å². The molecule has 9 heteroatoms. The Morgan fingerprint density at radius 2 is 1.32 bits per heavy atom. The van der Waals surface area contributed by atoms with Gasteiger partial charge in [-0.2, -0.15) is 0 Å². The second-order valence-electron chi connectivity index (χ2n) is 5.23. The molecule has 122 valence electrons. The first-order chi connectivity index (χ1) is 10.2. The molecule has 1 saturated carbocycles. The molecule has 0 radical (unpaired) electrons. The third-order valence-corrected chi connectivity index (χ3v) is 6.99. The van der Waals surface area contributed by atoms with Crippen molar-refractivity contribution < 1.29 is 23.8 Å². The summed E-state index contributed by atoms with van der Waals surface area (Å²) in [6.45, 7) is 3.74.